The molecule has 3 rings (SSSR count). The molecular formula is C23H26FNO6. The van der Waals surface area contributed by atoms with Crippen LogP contribution in [-0.4, -0.2) is 49.0 Å². The van der Waals surface area contributed by atoms with Crippen molar-refractivity contribution in [2.24, 2.45) is 5.92 Å². The molecule has 0 unspecified atom stereocenters. The Hall–Kier alpha value is -3.39. The smallest absolute Gasteiger partial charge is 0.328 e. The van der Waals surface area contributed by atoms with Crippen LogP contribution < -0.4 is 14.8 Å². The Morgan fingerprint density at radius 1 is 1.06 bits per heavy atom. The van der Waals surface area contributed by atoms with Crippen LogP contribution in [0, 0.1) is 11.7 Å². The number of methoxy groups -OCH3 is 1. The van der Waals surface area contributed by atoms with Crippen LogP contribution >= 0.6 is 0 Å². The molecule has 3 N–H and O–H groups in total. The molecule has 0 amide bonds. The molecule has 2 aromatic rings. The summed E-state index contributed by atoms with van der Waals surface area (Å²) in [5, 5.41) is 19.0. The van der Waals surface area contributed by atoms with Crippen LogP contribution in [0.3, 0.4) is 0 Å². The monoisotopic (exact) mass is 431 g/mol. The van der Waals surface area contributed by atoms with Gasteiger partial charge in [0, 0.05) is 24.6 Å². The molecule has 1 aliphatic rings. The highest BCUT2D eigenvalue weighted by molar-refractivity contribution is 5.89. The van der Waals surface area contributed by atoms with Crippen molar-refractivity contribution in [3.63, 3.8) is 0 Å². The second kappa shape index (κ2) is 12.3. The zero-order valence-corrected chi connectivity index (χ0v) is 17.2. The largest absolute Gasteiger partial charge is 0.493 e. The molecule has 31 heavy (non-hydrogen) atoms. The normalized spacial score (nSPS) is 18.0. The number of hydrogen-bond acceptors (Lipinski definition) is 5. The number of rotatable bonds is 7. The summed E-state index contributed by atoms with van der Waals surface area (Å²) in [6, 6.07) is 14.5. The average Bonchev–Trinajstić information content (AvgIpc) is 2.78. The predicted octanol–water partition coefficient (Wildman–Crippen LogP) is 3.32. The van der Waals surface area contributed by atoms with Crippen LogP contribution in [0.25, 0.3) is 0 Å². The molecule has 1 aliphatic heterocycles. The standard InChI is InChI=1S/C19H22FNO2.C4H4O4/c1-22-18-4-2-3-5-19(18)23-13-15-12-21-11-10-17(15)14-6-8-16(20)9-7-14;5-3(6)1-2-4(7)8/h2-9,15,17,21H,10-13H2,1H3;1-2H,(H,5,6)(H,7,8)/b;2-1-/t15-,17-;/m1./s1. The lowest BCUT2D eigenvalue weighted by Crippen LogP contribution is -2.38. The van der Waals surface area contributed by atoms with E-state index >= 15 is 0 Å². The Kier molecular flexibility index (Phi) is 9.51. The third-order valence-corrected chi connectivity index (χ3v) is 4.80. The second-order valence-electron chi connectivity index (χ2n) is 6.88. The molecule has 0 radical (unpaired) electrons. The van der Waals surface area contributed by atoms with Gasteiger partial charge in [0.15, 0.2) is 11.5 Å². The molecule has 1 fully saturated rings. The summed E-state index contributed by atoms with van der Waals surface area (Å²) in [6.45, 7) is 2.49. The number of halogens is 1. The Balaban J connectivity index is 0.000000366. The number of carboxylic acids is 2. The molecule has 0 aliphatic carbocycles. The molecule has 0 saturated carbocycles. The molecule has 2 aromatic carbocycles. The quantitative estimate of drug-likeness (QED) is 0.578. The van der Waals surface area contributed by atoms with Crippen LogP contribution in [0.15, 0.2) is 60.7 Å². The van der Waals surface area contributed by atoms with Gasteiger partial charge in [-0.1, -0.05) is 24.3 Å². The van der Waals surface area contributed by atoms with E-state index in [0.29, 0.717) is 30.6 Å². The Morgan fingerprint density at radius 2 is 1.68 bits per heavy atom. The van der Waals surface area contributed by atoms with Crippen LogP contribution in [-0.2, 0) is 9.59 Å². The number of nitrogens with one attached hydrogen (secondary N) is 1. The summed E-state index contributed by atoms with van der Waals surface area (Å²) >= 11 is 0. The lowest BCUT2D eigenvalue weighted by Gasteiger charge is -2.32. The molecule has 1 heterocycles. The SMILES string of the molecule is COc1ccccc1OC[C@H]1CNCC[C@@H]1c1ccc(F)cc1.O=C(O)/C=C\C(=O)O. The van der Waals surface area contributed by atoms with Gasteiger partial charge in [-0.05, 0) is 48.7 Å². The summed E-state index contributed by atoms with van der Waals surface area (Å²) in [5.74, 6) is -0.469. The predicted molar refractivity (Wildman–Crippen MR) is 113 cm³/mol. The fraction of sp³-hybridized carbons (Fsp3) is 0.304. The number of carbonyl (C=O) groups is 2. The molecule has 166 valence electrons. The minimum atomic E-state index is -1.26. The van der Waals surface area contributed by atoms with Crippen molar-refractivity contribution < 1.29 is 33.7 Å². The number of para-hydroxylation sites is 2. The zero-order valence-electron chi connectivity index (χ0n) is 17.2. The van der Waals surface area contributed by atoms with Gasteiger partial charge >= 0.3 is 11.9 Å². The van der Waals surface area contributed by atoms with Crippen molar-refractivity contribution in [3.8, 4) is 11.5 Å². The van der Waals surface area contributed by atoms with E-state index < -0.39 is 11.9 Å². The van der Waals surface area contributed by atoms with E-state index in [1.165, 1.54) is 17.7 Å². The van der Waals surface area contributed by atoms with E-state index in [1.807, 2.05) is 36.4 Å². The van der Waals surface area contributed by atoms with E-state index in [-0.39, 0.29) is 5.82 Å². The Morgan fingerprint density at radius 3 is 2.26 bits per heavy atom. The highest BCUT2D eigenvalue weighted by Crippen LogP contribution is 2.32. The number of hydrogen-bond donors (Lipinski definition) is 3. The van der Waals surface area contributed by atoms with Crippen molar-refractivity contribution in [3.05, 3.63) is 72.1 Å². The fourth-order valence-electron chi connectivity index (χ4n) is 3.32. The number of piperidine rings is 1. The summed E-state index contributed by atoms with van der Waals surface area (Å²) in [5.41, 5.74) is 1.18. The number of benzene rings is 2. The third-order valence-electron chi connectivity index (χ3n) is 4.80. The van der Waals surface area contributed by atoms with Crippen LogP contribution in [0.2, 0.25) is 0 Å². The summed E-state index contributed by atoms with van der Waals surface area (Å²) in [4.78, 5) is 19.1. The Labute approximate surface area is 180 Å². The van der Waals surface area contributed by atoms with E-state index in [4.69, 9.17) is 19.7 Å². The molecule has 0 aromatic heterocycles. The van der Waals surface area contributed by atoms with Crippen LogP contribution in [0.5, 0.6) is 11.5 Å². The fourth-order valence-corrected chi connectivity index (χ4v) is 3.32. The molecule has 7 nitrogen and oxygen atoms in total. The highest BCUT2D eigenvalue weighted by Gasteiger charge is 2.27. The lowest BCUT2D eigenvalue weighted by molar-refractivity contribution is -0.134. The van der Waals surface area contributed by atoms with Crippen molar-refractivity contribution in [1.29, 1.82) is 0 Å². The van der Waals surface area contributed by atoms with E-state index in [9.17, 15) is 14.0 Å². The molecule has 8 heteroatoms. The van der Waals surface area contributed by atoms with Crippen molar-refractivity contribution in [2.45, 2.75) is 12.3 Å². The average molecular weight is 431 g/mol. The molecule has 1 saturated heterocycles. The van der Waals surface area contributed by atoms with Crippen molar-refractivity contribution >= 4 is 11.9 Å². The van der Waals surface area contributed by atoms with Gasteiger partial charge in [0.1, 0.15) is 5.82 Å². The van der Waals surface area contributed by atoms with Gasteiger partial charge in [-0.3, -0.25) is 0 Å². The number of carboxylic acid groups (broad SMARTS) is 2. The van der Waals surface area contributed by atoms with E-state index in [0.717, 1.165) is 31.0 Å². The van der Waals surface area contributed by atoms with Gasteiger partial charge in [-0.25, -0.2) is 14.0 Å². The second-order valence-corrected chi connectivity index (χ2v) is 6.88. The number of ether oxygens (including phenoxy) is 2. The molecule has 2 atom stereocenters. The summed E-state index contributed by atoms with van der Waals surface area (Å²) < 4.78 is 24.5. The first-order valence-corrected chi connectivity index (χ1v) is 9.76. The van der Waals surface area contributed by atoms with E-state index in [1.54, 1.807) is 7.11 Å². The van der Waals surface area contributed by atoms with Crippen LogP contribution in [0.1, 0.15) is 17.9 Å². The maximum absolute atomic E-state index is 13.2. The molecule has 0 bridgehead atoms. The highest BCUT2D eigenvalue weighted by atomic mass is 19.1. The lowest BCUT2D eigenvalue weighted by atomic mass is 9.81. The maximum atomic E-state index is 13.2. The summed E-state index contributed by atoms with van der Waals surface area (Å²) in [7, 11) is 1.64. The topological polar surface area (TPSA) is 105 Å². The minimum absolute atomic E-state index is 0.190. The van der Waals surface area contributed by atoms with Crippen molar-refractivity contribution in [1.82, 2.24) is 5.32 Å². The van der Waals surface area contributed by atoms with Gasteiger partial charge in [0.2, 0.25) is 0 Å². The summed E-state index contributed by atoms with van der Waals surface area (Å²) in [6.07, 6.45) is 2.15. The van der Waals surface area contributed by atoms with Crippen LogP contribution in [0.4, 0.5) is 4.39 Å². The first-order chi connectivity index (χ1) is 14.9. The number of aliphatic carboxylic acids is 2. The Bertz CT molecular complexity index is 868. The van der Waals surface area contributed by atoms with Gasteiger partial charge in [-0.15, -0.1) is 0 Å². The first kappa shape index (κ1) is 23.9. The third kappa shape index (κ3) is 8.10. The van der Waals surface area contributed by atoms with Gasteiger partial charge in [-0.2, -0.15) is 0 Å². The first-order valence-electron chi connectivity index (χ1n) is 9.76. The van der Waals surface area contributed by atoms with Gasteiger partial charge < -0.3 is 25.0 Å². The zero-order chi connectivity index (χ0) is 22.6. The maximum Gasteiger partial charge on any atom is 0.328 e. The molecule has 0 spiro atoms. The molecular weight excluding hydrogens is 405 g/mol. The van der Waals surface area contributed by atoms with E-state index in [2.05, 4.69) is 5.32 Å². The minimum Gasteiger partial charge on any atom is -0.493 e. The van der Waals surface area contributed by atoms with Gasteiger partial charge in [0.25, 0.3) is 0 Å². The van der Waals surface area contributed by atoms with Crippen molar-refractivity contribution in [2.75, 3.05) is 26.8 Å². The van der Waals surface area contributed by atoms with Gasteiger partial charge in [0.05, 0.1) is 13.7 Å².